The maximum Gasteiger partial charge on any atom is 0.253 e. The molecule has 1 aromatic heterocycles. The summed E-state index contributed by atoms with van der Waals surface area (Å²) in [5.41, 5.74) is 5.24. The van der Waals surface area contributed by atoms with Crippen LogP contribution in [0.25, 0.3) is 5.70 Å². The molecular weight excluding hydrogens is 328 g/mol. The van der Waals surface area contributed by atoms with Crippen molar-refractivity contribution in [2.75, 3.05) is 26.1 Å². The summed E-state index contributed by atoms with van der Waals surface area (Å²) in [6, 6.07) is 5.10. The Hall–Kier alpha value is -3.07. The Labute approximate surface area is 143 Å². The minimum atomic E-state index is -0.342. The van der Waals surface area contributed by atoms with E-state index in [1.54, 1.807) is 25.3 Å². The Morgan fingerprint density at radius 3 is 2.96 bits per heavy atom. The molecule has 1 aromatic carbocycles. The number of carbonyl (C=O) groups is 1. The smallest absolute Gasteiger partial charge is 0.253 e. The Morgan fingerprint density at radius 2 is 2.16 bits per heavy atom. The van der Waals surface area contributed by atoms with Gasteiger partial charge in [0.2, 0.25) is 0 Å². The number of hydrogen-bond donors (Lipinski definition) is 2. The summed E-state index contributed by atoms with van der Waals surface area (Å²) in [6.45, 7) is -0.201. The number of fused-ring (bicyclic) bond motifs is 1. The first kappa shape index (κ1) is 16.8. The summed E-state index contributed by atoms with van der Waals surface area (Å²) >= 11 is 0. The highest BCUT2D eigenvalue weighted by atomic mass is 16.6. The number of benzene rings is 1. The van der Waals surface area contributed by atoms with Crippen LogP contribution in [0.5, 0.6) is 11.5 Å². The highest BCUT2D eigenvalue weighted by Gasteiger charge is 2.19. The molecule has 9 heteroatoms. The normalized spacial score (nSPS) is 12.8. The molecule has 9 nitrogen and oxygen atoms in total. The van der Waals surface area contributed by atoms with Crippen LogP contribution in [0.15, 0.2) is 28.9 Å². The summed E-state index contributed by atoms with van der Waals surface area (Å²) < 4.78 is 15.1. The fraction of sp³-hybridized carbons (Fsp3) is 0.312. The van der Waals surface area contributed by atoms with Crippen molar-refractivity contribution in [3.05, 3.63) is 35.7 Å². The van der Waals surface area contributed by atoms with Crippen molar-refractivity contribution >= 4 is 17.3 Å². The Kier molecular flexibility index (Phi) is 5.14. The molecule has 0 aliphatic heterocycles. The molecule has 0 unspecified atom stereocenters. The number of ether oxygens (including phenoxy) is 2. The average molecular weight is 346 g/mol. The lowest BCUT2D eigenvalue weighted by Crippen LogP contribution is -2.25. The average Bonchev–Trinajstić information content (AvgIpc) is 3.11. The number of aromatic nitrogens is 2. The van der Waals surface area contributed by atoms with Gasteiger partial charge in [0, 0.05) is 6.07 Å². The molecule has 0 bridgehead atoms. The number of aryl methyl sites for hydroxylation is 1. The number of hydrogen-bond acceptors (Lipinski definition) is 8. The van der Waals surface area contributed by atoms with Gasteiger partial charge in [-0.1, -0.05) is 11.2 Å². The molecule has 2 N–H and O–H groups in total. The lowest BCUT2D eigenvalue weighted by molar-refractivity contribution is -0.122. The second-order valence-corrected chi connectivity index (χ2v) is 5.22. The van der Waals surface area contributed by atoms with Gasteiger partial charge in [-0.25, -0.2) is 4.63 Å². The topological polar surface area (TPSA) is 108 Å². The summed E-state index contributed by atoms with van der Waals surface area (Å²) in [6.07, 6.45) is 3.47. The van der Waals surface area contributed by atoms with E-state index in [4.69, 9.17) is 18.9 Å². The van der Waals surface area contributed by atoms with Crippen molar-refractivity contribution in [2.24, 2.45) is 0 Å². The second-order valence-electron chi connectivity index (χ2n) is 5.22. The third-order valence-electron chi connectivity index (χ3n) is 3.61. The van der Waals surface area contributed by atoms with E-state index in [0.717, 1.165) is 18.5 Å². The van der Waals surface area contributed by atoms with Crippen molar-refractivity contribution < 1.29 is 23.7 Å². The molecule has 3 rings (SSSR count). The second kappa shape index (κ2) is 7.67. The molecule has 2 aromatic rings. The molecule has 0 saturated heterocycles. The Balaban J connectivity index is 1.53. The lowest BCUT2D eigenvalue weighted by Gasteiger charge is -2.14. The van der Waals surface area contributed by atoms with E-state index in [-0.39, 0.29) is 12.5 Å². The van der Waals surface area contributed by atoms with Gasteiger partial charge >= 0.3 is 0 Å². The summed E-state index contributed by atoms with van der Waals surface area (Å²) in [4.78, 5) is 17.3. The predicted octanol–water partition coefficient (Wildman–Crippen LogP) is 1.53. The number of amides is 1. The van der Waals surface area contributed by atoms with Gasteiger partial charge in [-0.3, -0.25) is 15.1 Å². The van der Waals surface area contributed by atoms with Crippen LogP contribution in [0, 0.1) is 0 Å². The van der Waals surface area contributed by atoms with E-state index in [1.165, 1.54) is 7.11 Å². The SMILES string of the molecule is COc1ccc(NC(=O)CONC2=CCCc3nonc32)c(OC)c1. The van der Waals surface area contributed by atoms with Crippen molar-refractivity contribution in [2.45, 2.75) is 12.8 Å². The number of allylic oxidation sites excluding steroid dienone is 1. The number of nitrogens with zero attached hydrogens (tertiary/aromatic N) is 2. The van der Waals surface area contributed by atoms with Crippen LogP contribution in [0.3, 0.4) is 0 Å². The van der Waals surface area contributed by atoms with Crippen molar-refractivity contribution in [3.63, 3.8) is 0 Å². The fourth-order valence-electron chi connectivity index (χ4n) is 2.38. The van der Waals surface area contributed by atoms with Gasteiger partial charge in [0.1, 0.15) is 17.2 Å². The standard InChI is InChI=1S/C16H18N4O5/c1-22-10-6-7-11(14(8-10)23-2)17-15(21)9-24-18-12-4-3-5-13-16(12)20-25-19-13/h4,6-8,18H,3,5,9H2,1-2H3,(H,17,21). The van der Waals surface area contributed by atoms with Gasteiger partial charge in [0.15, 0.2) is 12.3 Å². The summed E-state index contributed by atoms with van der Waals surface area (Å²) in [5, 5.41) is 10.3. The first-order valence-electron chi connectivity index (χ1n) is 7.63. The zero-order valence-corrected chi connectivity index (χ0v) is 13.9. The summed E-state index contributed by atoms with van der Waals surface area (Å²) in [7, 11) is 3.07. The monoisotopic (exact) mass is 346 g/mol. The van der Waals surface area contributed by atoms with Crippen molar-refractivity contribution in [1.29, 1.82) is 0 Å². The number of anilines is 1. The van der Waals surface area contributed by atoms with Crippen LogP contribution >= 0.6 is 0 Å². The minimum absolute atomic E-state index is 0.201. The molecule has 1 aliphatic rings. The summed E-state index contributed by atoms with van der Waals surface area (Å²) in [5.74, 6) is 0.786. The predicted molar refractivity (Wildman–Crippen MR) is 87.9 cm³/mol. The number of methoxy groups -OCH3 is 2. The molecule has 0 fully saturated rings. The van der Waals surface area contributed by atoms with Gasteiger partial charge in [0.05, 0.1) is 25.6 Å². The zero-order chi connectivity index (χ0) is 17.6. The van der Waals surface area contributed by atoms with Crippen LogP contribution in [0.4, 0.5) is 5.69 Å². The molecular formula is C16H18N4O5. The maximum atomic E-state index is 12.0. The van der Waals surface area contributed by atoms with E-state index >= 15 is 0 Å². The third kappa shape index (κ3) is 3.89. The Morgan fingerprint density at radius 1 is 1.28 bits per heavy atom. The van der Waals surface area contributed by atoms with Crippen molar-refractivity contribution in [1.82, 2.24) is 15.8 Å². The van der Waals surface area contributed by atoms with E-state index in [9.17, 15) is 4.79 Å². The third-order valence-corrected chi connectivity index (χ3v) is 3.61. The zero-order valence-electron chi connectivity index (χ0n) is 13.9. The number of rotatable bonds is 7. The van der Waals surface area contributed by atoms with E-state index in [1.807, 2.05) is 6.08 Å². The molecule has 1 amide bonds. The quantitative estimate of drug-likeness (QED) is 0.727. The van der Waals surface area contributed by atoms with Crippen LogP contribution in [0.1, 0.15) is 17.8 Å². The van der Waals surface area contributed by atoms with Gasteiger partial charge < -0.3 is 14.8 Å². The van der Waals surface area contributed by atoms with Gasteiger partial charge in [-0.15, -0.1) is 0 Å². The first-order chi connectivity index (χ1) is 12.2. The van der Waals surface area contributed by atoms with E-state index in [2.05, 4.69) is 21.1 Å². The van der Waals surface area contributed by atoms with Gasteiger partial charge in [-0.2, -0.15) is 0 Å². The lowest BCUT2D eigenvalue weighted by atomic mass is 10.1. The number of nitrogens with one attached hydrogen (secondary N) is 2. The first-order valence-corrected chi connectivity index (χ1v) is 7.63. The molecule has 1 aliphatic carbocycles. The molecule has 0 saturated carbocycles. The van der Waals surface area contributed by atoms with Crippen LogP contribution < -0.4 is 20.3 Å². The molecule has 25 heavy (non-hydrogen) atoms. The van der Waals surface area contributed by atoms with E-state index in [0.29, 0.717) is 28.6 Å². The number of hydroxylamine groups is 1. The molecule has 1 heterocycles. The van der Waals surface area contributed by atoms with Crippen LogP contribution in [0.2, 0.25) is 0 Å². The van der Waals surface area contributed by atoms with Gasteiger partial charge in [0.25, 0.3) is 5.91 Å². The molecule has 0 spiro atoms. The molecule has 132 valence electrons. The van der Waals surface area contributed by atoms with Crippen LogP contribution in [-0.4, -0.2) is 37.0 Å². The fourth-order valence-corrected chi connectivity index (χ4v) is 2.38. The highest BCUT2D eigenvalue weighted by Crippen LogP contribution is 2.29. The number of carbonyl (C=O) groups excluding carboxylic acids is 1. The molecule has 0 atom stereocenters. The van der Waals surface area contributed by atoms with Crippen molar-refractivity contribution in [3.8, 4) is 11.5 Å². The van der Waals surface area contributed by atoms with E-state index < -0.39 is 0 Å². The van der Waals surface area contributed by atoms with Gasteiger partial charge in [-0.05, 0) is 30.1 Å². The molecule has 0 radical (unpaired) electrons. The maximum absolute atomic E-state index is 12.0. The minimum Gasteiger partial charge on any atom is -0.497 e. The Bertz CT molecular complexity index is 787. The highest BCUT2D eigenvalue weighted by molar-refractivity contribution is 5.93. The van der Waals surface area contributed by atoms with Crippen LogP contribution in [-0.2, 0) is 16.1 Å². The largest absolute Gasteiger partial charge is 0.497 e.